The summed E-state index contributed by atoms with van der Waals surface area (Å²) in [6, 6.07) is 26.5. The Kier molecular flexibility index (Phi) is 5.68. The summed E-state index contributed by atoms with van der Waals surface area (Å²) in [5.41, 5.74) is 3.84. The topological polar surface area (TPSA) is 71.1 Å². The van der Waals surface area contributed by atoms with Crippen LogP contribution in [0.25, 0.3) is 21.8 Å². The molecule has 2 N–H and O–H groups in total. The number of nitrogens with one attached hydrogen (secondary N) is 2. The van der Waals surface area contributed by atoms with Crippen LogP contribution in [0, 0.1) is 0 Å². The maximum Gasteiger partial charge on any atom is 0.268 e. The van der Waals surface area contributed by atoms with Gasteiger partial charge in [-0.15, -0.1) is 11.3 Å². The molecule has 148 valence electrons. The normalized spacial score (nSPS) is 10.4. The highest BCUT2D eigenvalue weighted by atomic mass is 32.1. The van der Waals surface area contributed by atoms with Crippen LogP contribution in [0.5, 0.6) is 0 Å². The smallest absolute Gasteiger partial charge is 0.268 e. The van der Waals surface area contributed by atoms with Crippen molar-refractivity contribution in [1.82, 2.24) is 4.98 Å². The molecule has 30 heavy (non-hydrogen) atoms. The van der Waals surface area contributed by atoms with Gasteiger partial charge in [-0.1, -0.05) is 60.7 Å². The van der Waals surface area contributed by atoms with Gasteiger partial charge in [-0.2, -0.15) is 0 Å². The van der Waals surface area contributed by atoms with Gasteiger partial charge in [0.05, 0.1) is 5.69 Å². The van der Waals surface area contributed by atoms with Gasteiger partial charge in [-0.05, 0) is 24.3 Å². The maximum absolute atomic E-state index is 13.1. The van der Waals surface area contributed by atoms with Gasteiger partial charge in [0, 0.05) is 29.4 Å². The highest BCUT2D eigenvalue weighted by molar-refractivity contribution is 7.17. The number of hydrogen-bond donors (Lipinski definition) is 2. The van der Waals surface area contributed by atoms with Crippen molar-refractivity contribution in [2.75, 3.05) is 10.6 Å². The van der Waals surface area contributed by atoms with Crippen molar-refractivity contribution in [3.8, 4) is 21.8 Å². The third kappa shape index (κ3) is 4.45. The van der Waals surface area contributed by atoms with Gasteiger partial charge in [0.15, 0.2) is 0 Å². The van der Waals surface area contributed by atoms with Gasteiger partial charge in [0.1, 0.15) is 9.88 Å². The molecule has 0 aliphatic heterocycles. The number of carbonyl (C=O) groups excluding carboxylic acids is 2. The number of amides is 2. The quantitative estimate of drug-likeness (QED) is 0.442. The van der Waals surface area contributed by atoms with Crippen molar-refractivity contribution in [3.05, 3.63) is 89.8 Å². The molecule has 0 bridgehead atoms. The van der Waals surface area contributed by atoms with Gasteiger partial charge in [-0.25, -0.2) is 4.98 Å². The molecule has 0 aliphatic carbocycles. The molecule has 0 unspecified atom stereocenters. The largest absolute Gasteiger partial charge is 0.326 e. The van der Waals surface area contributed by atoms with Crippen molar-refractivity contribution in [1.29, 1.82) is 0 Å². The first-order valence-corrected chi connectivity index (χ1v) is 10.2. The Bertz CT molecular complexity index is 1170. The summed E-state index contributed by atoms with van der Waals surface area (Å²) in [5, 5.41) is 6.43. The third-order valence-corrected chi connectivity index (χ3v) is 5.47. The van der Waals surface area contributed by atoms with E-state index in [0.29, 0.717) is 21.9 Å². The molecule has 3 aromatic carbocycles. The molecule has 1 heterocycles. The zero-order chi connectivity index (χ0) is 20.9. The second kappa shape index (κ2) is 8.71. The lowest BCUT2D eigenvalue weighted by atomic mass is 10.1. The number of thiazole rings is 1. The second-order valence-electron chi connectivity index (χ2n) is 6.64. The van der Waals surface area contributed by atoms with Crippen LogP contribution in [0.2, 0.25) is 0 Å². The van der Waals surface area contributed by atoms with Crippen molar-refractivity contribution in [2.24, 2.45) is 0 Å². The predicted octanol–water partition coefficient (Wildman–Crippen LogP) is 5.69. The second-order valence-corrected chi connectivity index (χ2v) is 7.64. The predicted molar refractivity (Wildman–Crippen MR) is 122 cm³/mol. The average Bonchev–Trinajstić information content (AvgIpc) is 3.22. The lowest BCUT2D eigenvalue weighted by Gasteiger charge is -2.07. The molecule has 6 heteroatoms. The van der Waals surface area contributed by atoms with Crippen LogP contribution in [0.15, 0.2) is 84.9 Å². The first-order valence-electron chi connectivity index (χ1n) is 9.41. The summed E-state index contributed by atoms with van der Waals surface area (Å²) >= 11 is 1.37. The number of benzene rings is 3. The van der Waals surface area contributed by atoms with E-state index in [-0.39, 0.29) is 11.8 Å². The van der Waals surface area contributed by atoms with E-state index < -0.39 is 0 Å². The maximum atomic E-state index is 13.1. The number of rotatable bonds is 5. The SMILES string of the molecule is CC(=O)Nc1ccc(NC(=O)c2sc(-c3ccccc3)nc2-c2ccccc2)cc1. The molecule has 0 spiro atoms. The lowest BCUT2D eigenvalue weighted by Crippen LogP contribution is -2.11. The van der Waals surface area contributed by atoms with Gasteiger partial charge in [-0.3, -0.25) is 9.59 Å². The highest BCUT2D eigenvalue weighted by Crippen LogP contribution is 2.34. The van der Waals surface area contributed by atoms with Crippen molar-refractivity contribution in [3.63, 3.8) is 0 Å². The van der Waals surface area contributed by atoms with Gasteiger partial charge in [0.2, 0.25) is 5.91 Å². The fraction of sp³-hybridized carbons (Fsp3) is 0.0417. The van der Waals surface area contributed by atoms with Crippen LogP contribution >= 0.6 is 11.3 Å². The van der Waals surface area contributed by atoms with E-state index in [1.54, 1.807) is 24.3 Å². The molecule has 5 nitrogen and oxygen atoms in total. The van der Waals surface area contributed by atoms with Crippen LogP contribution in [0.4, 0.5) is 11.4 Å². The zero-order valence-corrected chi connectivity index (χ0v) is 17.1. The molecule has 0 saturated heterocycles. The summed E-state index contributed by atoms with van der Waals surface area (Å²) in [5.74, 6) is -0.363. The molecule has 2 amide bonds. The average molecular weight is 414 g/mol. The van der Waals surface area contributed by atoms with Crippen molar-refractivity contribution in [2.45, 2.75) is 6.92 Å². The number of hydrogen-bond acceptors (Lipinski definition) is 4. The Balaban J connectivity index is 1.65. The van der Waals surface area contributed by atoms with Crippen LogP contribution in [0.1, 0.15) is 16.6 Å². The molecule has 0 radical (unpaired) electrons. The summed E-state index contributed by atoms with van der Waals surface area (Å²) in [7, 11) is 0. The number of carbonyl (C=O) groups is 2. The standard InChI is InChI=1S/C24H19N3O2S/c1-16(28)25-19-12-14-20(15-13-19)26-23(29)22-21(17-8-4-2-5-9-17)27-24(30-22)18-10-6-3-7-11-18/h2-15H,1H3,(H,25,28)(H,26,29). The van der Waals surface area contributed by atoms with E-state index in [4.69, 9.17) is 4.98 Å². The van der Waals surface area contributed by atoms with E-state index >= 15 is 0 Å². The van der Waals surface area contributed by atoms with E-state index in [0.717, 1.165) is 16.1 Å². The molecule has 0 saturated carbocycles. The highest BCUT2D eigenvalue weighted by Gasteiger charge is 2.20. The van der Waals surface area contributed by atoms with Crippen LogP contribution in [-0.2, 0) is 4.79 Å². The van der Waals surface area contributed by atoms with Gasteiger partial charge >= 0.3 is 0 Å². The summed E-state index contributed by atoms with van der Waals surface area (Å²) in [6.45, 7) is 1.45. The summed E-state index contributed by atoms with van der Waals surface area (Å²) in [4.78, 5) is 29.6. The van der Waals surface area contributed by atoms with Crippen molar-refractivity contribution >= 4 is 34.5 Å². The van der Waals surface area contributed by atoms with E-state index in [1.165, 1.54) is 18.3 Å². The van der Waals surface area contributed by atoms with Gasteiger partial charge in [0.25, 0.3) is 5.91 Å². The number of anilines is 2. The minimum Gasteiger partial charge on any atom is -0.326 e. The Morgan fingerprint density at radius 3 is 1.83 bits per heavy atom. The van der Waals surface area contributed by atoms with Gasteiger partial charge < -0.3 is 10.6 Å². The van der Waals surface area contributed by atoms with E-state index in [2.05, 4.69) is 10.6 Å². The molecule has 1 aromatic heterocycles. The monoisotopic (exact) mass is 413 g/mol. The lowest BCUT2D eigenvalue weighted by molar-refractivity contribution is -0.114. The summed E-state index contributed by atoms with van der Waals surface area (Å²) < 4.78 is 0. The molecule has 0 aliphatic rings. The Morgan fingerprint density at radius 2 is 1.27 bits per heavy atom. The van der Waals surface area contributed by atoms with E-state index in [1.807, 2.05) is 60.7 Å². The summed E-state index contributed by atoms with van der Waals surface area (Å²) in [6.07, 6.45) is 0. The fourth-order valence-corrected chi connectivity index (χ4v) is 3.99. The minimum atomic E-state index is -0.221. The zero-order valence-electron chi connectivity index (χ0n) is 16.3. The molecular weight excluding hydrogens is 394 g/mol. The molecule has 4 rings (SSSR count). The van der Waals surface area contributed by atoms with Crippen LogP contribution in [0.3, 0.4) is 0 Å². The first kappa shape index (κ1) is 19.5. The van der Waals surface area contributed by atoms with Crippen LogP contribution in [-0.4, -0.2) is 16.8 Å². The van der Waals surface area contributed by atoms with E-state index in [9.17, 15) is 9.59 Å². The first-order chi connectivity index (χ1) is 14.6. The molecule has 4 aromatic rings. The number of nitrogens with zero attached hydrogens (tertiary/aromatic N) is 1. The fourth-order valence-electron chi connectivity index (χ4n) is 3.00. The molecular formula is C24H19N3O2S. The van der Waals surface area contributed by atoms with Crippen LogP contribution < -0.4 is 10.6 Å². The minimum absolute atomic E-state index is 0.141. The third-order valence-electron chi connectivity index (χ3n) is 4.36. The van der Waals surface area contributed by atoms with Crippen molar-refractivity contribution < 1.29 is 9.59 Å². The molecule has 0 atom stereocenters. The Morgan fingerprint density at radius 1 is 0.733 bits per heavy atom. The Labute approximate surface area is 178 Å². The number of aromatic nitrogens is 1. The Hall–Kier alpha value is -3.77. The molecule has 0 fully saturated rings.